The van der Waals surface area contributed by atoms with Gasteiger partial charge in [0.1, 0.15) is 5.25 Å². The SMILES string of the molecule is CCC(Sc1nc(Cl)nc(OC)n1)C(=O)O. The molecule has 0 aliphatic rings. The highest BCUT2D eigenvalue weighted by molar-refractivity contribution is 8.00. The fourth-order valence-corrected chi connectivity index (χ4v) is 1.89. The highest BCUT2D eigenvalue weighted by atomic mass is 35.5. The van der Waals surface area contributed by atoms with Crippen molar-refractivity contribution in [3.63, 3.8) is 0 Å². The van der Waals surface area contributed by atoms with Crippen LogP contribution >= 0.6 is 23.4 Å². The Kier molecular flexibility index (Phi) is 4.75. The van der Waals surface area contributed by atoms with Crippen molar-refractivity contribution < 1.29 is 14.6 Å². The van der Waals surface area contributed by atoms with Gasteiger partial charge in [-0.1, -0.05) is 18.7 Å². The second kappa shape index (κ2) is 5.86. The molecule has 0 radical (unpaired) electrons. The number of thioether (sulfide) groups is 1. The van der Waals surface area contributed by atoms with Gasteiger partial charge in [-0.15, -0.1) is 0 Å². The van der Waals surface area contributed by atoms with Crippen LogP contribution in [0.3, 0.4) is 0 Å². The number of carbonyl (C=O) groups is 1. The summed E-state index contributed by atoms with van der Waals surface area (Å²) in [5.41, 5.74) is 0. The number of halogens is 1. The van der Waals surface area contributed by atoms with E-state index in [1.165, 1.54) is 7.11 Å². The van der Waals surface area contributed by atoms with Crippen LogP contribution in [-0.2, 0) is 4.79 Å². The summed E-state index contributed by atoms with van der Waals surface area (Å²) in [6.45, 7) is 1.77. The van der Waals surface area contributed by atoms with E-state index in [9.17, 15) is 4.79 Å². The zero-order valence-electron chi connectivity index (χ0n) is 8.68. The van der Waals surface area contributed by atoms with Gasteiger partial charge < -0.3 is 9.84 Å². The van der Waals surface area contributed by atoms with Crippen molar-refractivity contribution >= 4 is 29.3 Å². The third-order valence-corrected chi connectivity index (χ3v) is 3.03. The van der Waals surface area contributed by atoms with Crippen molar-refractivity contribution in [2.75, 3.05) is 7.11 Å². The topological polar surface area (TPSA) is 85.2 Å². The smallest absolute Gasteiger partial charge is 0.321 e. The van der Waals surface area contributed by atoms with Crippen LogP contribution in [0.5, 0.6) is 6.01 Å². The second-order valence-electron chi connectivity index (χ2n) is 2.73. The third-order valence-electron chi connectivity index (χ3n) is 1.64. The lowest BCUT2D eigenvalue weighted by atomic mass is 10.3. The zero-order valence-corrected chi connectivity index (χ0v) is 10.2. The summed E-state index contributed by atoms with van der Waals surface area (Å²) in [5.74, 6) is -0.914. The summed E-state index contributed by atoms with van der Waals surface area (Å²) in [7, 11) is 1.40. The summed E-state index contributed by atoms with van der Waals surface area (Å²) >= 11 is 6.65. The Morgan fingerprint density at radius 3 is 2.75 bits per heavy atom. The van der Waals surface area contributed by atoms with E-state index in [4.69, 9.17) is 21.4 Å². The van der Waals surface area contributed by atoms with E-state index in [2.05, 4.69) is 15.0 Å². The molecule has 1 atom stereocenters. The summed E-state index contributed by atoms with van der Waals surface area (Å²) in [6, 6.07) is 0.0720. The van der Waals surface area contributed by atoms with E-state index in [1.807, 2.05) is 0 Å². The van der Waals surface area contributed by atoms with E-state index in [0.29, 0.717) is 6.42 Å². The lowest BCUT2D eigenvalue weighted by molar-refractivity contribution is -0.136. The van der Waals surface area contributed by atoms with Crippen LogP contribution in [-0.4, -0.2) is 38.4 Å². The van der Waals surface area contributed by atoms with Crippen LogP contribution in [0.15, 0.2) is 5.16 Å². The normalized spacial score (nSPS) is 12.2. The van der Waals surface area contributed by atoms with Crippen molar-refractivity contribution in [3.05, 3.63) is 5.28 Å². The monoisotopic (exact) mass is 263 g/mol. The maximum Gasteiger partial charge on any atom is 0.321 e. The van der Waals surface area contributed by atoms with E-state index in [1.54, 1.807) is 6.92 Å². The Labute approximate surface area is 101 Å². The van der Waals surface area contributed by atoms with Gasteiger partial charge in [0.25, 0.3) is 0 Å². The Hall–Kier alpha value is -1.08. The molecular formula is C8H10ClN3O3S. The van der Waals surface area contributed by atoms with E-state index >= 15 is 0 Å². The van der Waals surface area contributed by atoms with Gasteiger partial charge in [0.2, 0.25) is 5.28 Å². The van der Waals surface area contributed by atoms with Crippen molar-refractivity contribution in [2.24, 2.45) is 0 Å². The van der Waals surface area contributed by atoms with Gasteiger partial charge in [-0.3, -0.25) is 4.79 Å². The molecule has 0 spiro atoms. The van der Waals surface area contributed by atoms with Gasteiger partial charge in [0, 0.05) is 0 Å². The molecule has 1 N–H and O–H groups in total. The highest BCUT2D eigenvalue weighted by Crippen LogP contribution is 2.24. The van der Waals surface area contributed by atoms with Gasteiger partial charge >= 0.3 is 12.0 Å². The molecular weight excluding hydrogens is 254 g/mol. The van der Waals surface area contributed by atoms with Gasteiger partial charge in [-0.2, -0.15) is 15.0 Å². The zero-order chi connectivity index (χ0) is 12.1. The van der Waals surface area contributed by atoms with Gasteiger partial charge in [-0.05, 0) is 18.0 Å². The van der Waals surface area contributed by atoms with Crippen molar-refractivity contribution in [2.45, 2.75) is 23.8 Å². The molecule has 1 aromatic rings. The number of rotatable bonds is 5. The number of nitrogens with zero attached hydrogens (tertiary/aromatic N) is 3. The minimum atomic E-state index is -0.914. The molecule has 1 heterocycles. The molecule has 88 valence electrons. The molecule has 1 rings (SSSR count). The Bertz CT molecular complexity index is 391. The first-order valence-electron chi connectivity index (χ1n) is 4.41. The number of methoxy groups -OCH3 is 1. The number of carboxylic acids is 1. The molecule has 0 saturated carbocycles. The molecule has 8 heteroatoms. The third kappa shape index (κ3) is 3.49. The first-order valence-corrected chi connectivity index (χ1v) is 5.67. The molecule has 0 aliphatic heterocycles. The first-order chi connectivity index (χ1) is 7.56. The predicted molar refractivity (Wildman–Crippen MR) is 59.0 cm³/mol. The molecule has 1 aromatic heterocycles. The lowest BCUT2D eigenvalue weighted by Crippen LogP contribution is -2.15. The molecule has 6 nitrogen and oxygen atoms in total. The lowest BCUT2D eigenvalue weighted by Gasteiger charge is -2.08. The summed E-state index contributed by atoms with van der Waals surface area (Å²) in [6.07, 6.45) is 0.464. The minimum absolute atomic E-state index is 0.0189. The van der Waals surface area contributed by atoms with E-state index in [0.717, 1.165) is 11.8 Å². The fraction of sp³-hybridized carbons (Fsp3) is 0.500. The van der Waals surface area contributed by atoms with Crippen LogP contribution in [0.4, 0.5) is 0 Å². The molecule has 16 heavy (non-hydrogen) atoms. The average Bonchev–Trinajstić information content (AvgIpc) is 2.24. The molecule has 0 saturated heterocycles. The summed E-state index contributed by atoms with van der Waals surface area (Å²) in [4.78, 5) is 22.2. The highest BCUT2D eigenvalue weighted by Gasteiger charge is 2.19. The van der Waals surface area contributed by atoms with Gasteiger partial charge in [0.05, 0.1) is 7.11 Å². The number of aromatic nitrogens is 3. The maximum absolute atomic E-state index is 10.8. The van der Waals surface area contributed by atoms with Crippen molar-refractivity contribution in [1.29, 1.82) is 0 Å². The van der Waals surface area contributed by atoms with Crippen molar-refractivity contribution in [1.82, 2.24) is 15.0 Å². The molecule has 0 aromatic carbocycles. The van der Waals surface area contributed by atoms with Crippen LogP contribution in [0.2, 0.25) is 5.28 Å². The maximum atomic E-state index is 10.8. The molecule has 0 amide bonds. The number of hydrogen-bond donors (Lipinski definition) is 1. The first kappa shape index (κ1) is 13.0. The number of carboxylic acid groups (broad SMARTS) is 1. The van der Waals surface area contributed by atoms with Crippen molar-refractivity contribution in [3.8, 4) is 6.01 Å². The molecule has 1 unspecified atom stereocenters. The summed E-state index contributed by atoms with van der Waals surface area (Å²) < 4.78 is 4.80. The minimum Gasteiger partial charge on any atom is -0.480 e. The van der Waals surface area contributed by atoms with Crippen LogP contribution in [0.1, 0.15) is 13.3 Å². The van der Waals surface area contributed by atoms with E-state index in [-0.39, 0.29) is 16.5 Å². The standard InChI is InChI=1S/C8H10ClN3O3S/c1-3-4(5(13)14)16-8-11-6(9)10-7(12-8)15-2/h4H,3H2,1-2H3,(H,13,14). The largest absolute Gasteiger partial charge is 0.480 e. The Morgan fingerprint density at radius 2 is 2.25 bits per heavy atom. The average molecular weight is 264 g/mol. The van der Waals surface area contributed by atoms with Crippen LogP contribution < -0.4 is 4.74 Å². The summed E-state index contributed by atoms with van der Waals surface area (Å²) in [5, 5.41) is 8.49. The Morgan fingerprint density at radius 1 is 1.56 bits per heavy atom. The number of aliphatic carboxylic acids is 1. The quantitative estimate of drug-likeness (QED) is 0.806. The molecule has 0 aliphatic carbocycles. The van der Waals surface area contributed by atoms with E-state index < -0.39 is 11.2 Å². The second-order valence-corrected chi connectivity index (χ2v) is 4.23. The molecule has 0 fully saturated rings. The molecule has 0 bridgehead atoms. The Balaban J connectivity index is 2.87. The number of hydrogen-bond acceptors (Lipinski definition) is 6. The number of ether oxygens (including phenoxy) is 1. The van der Waals surface area contributed by atoms with Crippen LogP contribution in [0.25, 0.3) is 0 Å². The van der Waals surface area contributed by atoms with Crippen LogP contribution in [0, 0.1) is 0 Å². The van der Waals surface area contributed by atoms with Gasteiger partial charge in [0.15, 0.2) is 5.16 Å². The fourth-order valence-electron chi connectivity index (χ4n) is 0.894. The van der Waals surface area contributed by atoms with Gasteiger partial charge in [-0.25, -0.2) is 0 Å². The predicted octanol–water partition coefficient (Wildman–Crippen LogP) is 1.49.